The van der Waals surface area contributed by atoms with E-state index in [2.05, 4.69) is 29.2 Å². The molecule has 0 spiro atoms. The van der Waals surface area contributed by atoms with Gasteiger partial charge in [0.2, 0.25) is 0 Å². The molecule has 0 aliphatic rings. The van der Waals surface area contributed by atoms with Crippen LogP contribution in [0.1, 0.15) is 11.1 Å². The van der Waals surface area contributed by atoms with Crippen molar-refractivity contribution in [3.05, 3.63) is 102 Å². The second kappa shape index (κ2) is 9.86. The van der Waals surface area contributed by atoms with Gasteiger partial charge in [0.1, 0.15) is 12.7 Å². The van der Waals surface area contributed by atoms with Crippen LogP contribution in [0.25, 0.3) is 0 Å². The summed E-state index contributed by atoms with van der Waals surface area (Å²) in [6.07, 6.45) is -0.725. The highest BCUT2D eigenvalue weighted by Crippen LogP contribution is 2.16. The first kappa shape index (κ1) is 19.1. The first-order valence-electron chi connectivity index (χ1n) is 9.06. The van der Waals surface area contributed by atoms with Gasteiger partial charge < -0.3 is 9.84 Å². The number of benzene rings is 3. The van der Waals surface area contributed by atoms with E-state index in [9.17, 15) is 9.50 Å². The number of nitrogens with zero attached hydrogens (tertiary/aromatic N) is 1. The topological polar surface area (TPSA) is 32.7 Å². The van der Waals surface area contributed by atoms with Crippen molar-refractivity contribution in [2.24, 2.45) is 0 Å². The molecule has 0 radical (unpaired) electrons. The maximum atomic E-state index is 13.7. The molecule has 3 aromatic carbocycles. The highest BCUT2D eigenvalue weighted by molar-refractivity contribution is 5.23. The zero-order valence-electron chi connectivity index (χ0n) is 15.2. The molecular formula is C23H24FNO2. The molecule has 0 unspecified atom stereocenters. The van der Waals surface area contributed by atoms with Gasteiger partial charge in [-0.15, -0.1) is 0 Å². The lowest BCUT2D eigenvalue weighted by Crippen LogP contribution is -2.35. The van der Waals surface area contributed by atoms with Crippen LogP contribution in [0.3, 0.4) is 0 Å². The van der Waals surface area contributed by atoms with Gasteiger partial charge in [0.15, 0.2) is 11.6 Å². The fraction of sp³-hybridized carbons (Fsp3) is 0.217. The first-order chi connectivity index (χ1) is 13.2. The third-order valence-corrected chi connectivity index (χ3v) is 4.23. The Hall–Kier alpha value is -2.69. The standard InChI is InChI=1S/C23H24FNO2/c24-22-13-7-8-14-23(22)27-18-21(26)17-25(15-19-9-3-1-4-10-19)16-20-11-5-2-6-12-20/h1-14,21,26H,15-18H2/t21-/m0/s1. The number of hydrogen-bond donors (Lipinski definition) is 1. The largest absolute Gasteiger partial charge is 0.488 e. The van der Waals surface area contributed by atoms with E-state index in [1.54, 1.807) is 18.2 Å². The zero-order valence-corrected chi connectivity index (χ0v) is 15.2. The van der Waals surface area contributed by atoms with E-state index in [1.165, 1.54) is 17.2 Å². The normalized spacial score (nSPS) is 12.1. The molecule has 0 amide bonds. The second-order valence-electron chi connectivity index (χ2n) is 6.54. The molecule has 140 valence electrons. The SMILES string of the molecule is O[C@H](COc1ccccc1F)CN(Cc1ccccc1)Cc1ccccc1. The fourth-order valence-electron chi connectivity index (χ4n) is 2.97. The Morgan fingerprint density at radius 3 is 1.85 bits per heavy atom. The number of aliphatic hydroxyl groups is 1. The summed E-state index contributed by atoms with van der Waals surface area (Å²) in [5, 5.41) is 10.4. The lowest BCUT2D eigenvalue weighted by atomic mass is 10.1. The van der Waals surface area contributed by atoms with Crippen LogP contribution in [0, 0.1) is 5.82 Å². The highest BCUT2D eigenvalue weighted by atomic mass is 19.1. The molecule has 27 heavy (non-hydrogen) atoms. The molecule has 0 aromatic heterocycles. The van der Waals surface area contributed by atoms with Crippen molar-refractivity contribution >= 4 is 0 Å². The average molecular weight is 365 g/mol. The van der Waals surface area contributed by atoms with Gasteiger partial charge in [-0.2, -0.15) is 0 Å². The van der Waals surface area contributed by atoms with Gasteiger partial charge >= 0.3 is 0 Å². The van der Waals surface area contributed by atoms with Gasteiger partial charge in [-0.1, -0.05) is 72.8 Å². The second-order valence-corrected chi connectivity index (χ2v) is 6.54. The molecular weight excluding hydrogens is 341 g/mol. The summed E-state index contributed by atoms with van der Waals surface area (Å²) in [6.45, 7) is 1.90. The van der Waals surface area contributed by atoms with E-state index in [0.717, 1.165) is 0 Å². The van der Waals surface area contributed by atoms with Crippen LogP contribution in [0.2, 0.25) is 0 Å². The summed E-state index contributed by atoms with van der Waals surface area (Å²) in [6, 6.07) is 26.5. The number of halogens is 1. The predicted octanol–water partition coefficient (Wildman–Crippen LogP) is 4.27. The number of para-hydroxylation sites is 1. The Bertz CT molecular complexity index is 769. The van der Waals surface area contributed by atoms with Crippen molar-refractivity contribution in [2.45, 2.75) is 19.2 Å². The molecule has 3 rings (SSSR count). The summed E-state index contributed by atoms with van der Waals surface area (Å²) in [4.78, 5) is 2.17. The predicted molar refractivity (Wildman–Crippen MR) is 105 cm³/mol. The minimum atomic E-state index is -0.725. The van der Waals surface area contributed by atoms with E-state index in [1.807, 2.05) is 36.4 Å². The quantitative estimate of drug-likeness (QED) is 0.615. The molecule has 0 bridgehead atoms. The van der Waals surface area contributed by atoms with Crippen LogP contribution in [-0.4, -0.2) is 29.3 Å². The van der Waals surface area contributed by atoms with Gasteiger partial charge in [0.05, 0.1) is 0 Å². The zero-order chi connectivity index (χ0) is 18.9. The van der Waals surface area contributed by atoms with Crippen molar-refractivity contribution in [3.63, 3.8) is 0 Å². The van der Waals surface area contributed by atoms with Crippen molar-refractivity contribution < 1.29 is 14.2 Å². The van der Waals surface area contributed by atoms with Crippen LogP contribution in [0.15, 0.2) is 84.9 Å². The highest BCUT2D eigenvalue weighted by Gasteiger charge is 2.14. The summed E-state index contributed by atoms with van der Waals surface area (Å²) < 4.78 is 19.1. The molecule has 0 aliphatic heterocycles. The maximum absolute atomic E-state index is 13.7. The Morgan fingerprint density at radius 2 is 1.30 bits per heavy atom. The number of ether oxygens (including phenoxy) is 1. The molecule has 0 aliphatic carbocycles. The number of hydrogen-bond acceptors (Lipinski definition) is 3. The third-order valence-electron chi connectivity index (χ3n) is 4.23. The molecule has 0 heterocycles. The number of rotatable bonds is 9. The van der Waals surface area contributed by atoms with Crippen LogP contribution in [0.4, 0.5) is 4.39 Å². The smallest absolute Gasteiger partial charge is 0.165 e. The van der Waals surface area contributed by atoms with Gasteiger partial charge in [-0.3, -0.25) is 4.90 Å². The van der Waals surface area contributed by atoms with Gasteiger partial charge in [-0.25, -0.2) is 4.39 Å². The number of aliphatic hydroxyl groups excluding tert-OH is 1. The summed E-state index contributed by atoms with van der Waals surface area (Å²) in [7, 11) is 0. The van der Waals surface area contributed by atoms with Crippen LogP contribution >= 0.6 is 0 Å². The lowest BCUT2D eigenvalue weighted by Gasteiger charge is -2.25. The Kier molecular flexibility index (Phi) is 6.97. The Morgan fingerprint density at radius 1 is 0.778 bits per heavy atom. The molecule has 1 N–H and O–H groups in total. The molecule has 4 heteroatoms. The van der Waals surface area contributed by atoms with Crippen LogP contribution in [0.5, 0.6) is 5.75 Å². The third kappa shape index (κ3) is 6.20. The lowest BCUT2D eigenvalue weighted by molar-refractivity contribution is 0.0615. The van der Waals surface area contributed by atoms with E-state index in [0.29, 0.717) is 19.6 Å². The molecule has 0 fully saturated rings. The summed E-state index contributed by atoms with van der Waals surface area (Å²) in [5.41, 5.74) is 2.35. The molecule has 0 saturated heterocycles. The Labute approximate surface area is 159 Å². The molecule has 0 saturated carbocycles. The monoisotopic (exact) mass is 365 g/mol. The van der Waals surface area contributed by atoms with Crippen molar-refractivity contribution in [3.8, 4) is 5.75 Å². The summed E-state index contributed by atoms with van der Waals surface area (Å²) in [5.74, 6) is -0.260. The van der Waals surface area contributed by atoms with Gasteiger partial charge in [-0.05, 0) is 23.3 Å². The fourth-order valence-corrected chi connectivity index (χ4v) is 2.97. The van der Waals surface area contributed by atoms with Crippen LogP contribution in [-0.2, 0) is 13.1 Å². The van der Waals surface area contributed by atoms with E-state index in [-0.39, 0.29) is 12.4 Å². The van der Waals surface area contributed by atoms with Crippen molar-refractivity contribution in [2.75, 3.05) is 13.2 Å². The summed E-state index contributed by atoms with van der Waals surface area (Å²) >= 11 is 0. The van der Waals surface area contributed by atoms with Gasteiger partial charge in [0, 0.05) is 19.6 Å². The van der Waals surface area contributed by atoms with Crippen molar-refractivity contribution in [1.29, 1.82) is 0 Å². The average Bonchev–Trinajstić information content (AvgIpc) is 2.69. The van der Waals surface area contributed by atoms with E-state index < -0.39 is 11.9 Å². The van der Waals surface area contributed by atoms with Gasteiger partial charge in [0.25, 0.3) is 0 Å². The minimum absolute atomic E-state index is 0.0427. The maximum Gasteiger partial charge on any atom is 0.165 e. The van der Waals surface area contributed by atoms with E-state index >= 15 is 0 Å². The molecule has 3 nitrogen and oxygen atoms in total. The first-order valence-corrected chi connectivity index (χ1v) is 9.06. The van der Waals surface area contributed by atoms with Crippen LogP contribution < -0.4 is 4.74 Å². The van der Waals surface area contributed by atoms with E-state index in [4.69, 9.17) is 4.74 Å². The molecule has 3 aromatic rings. The molecule has 1 atom stereocenters. The van der Waals surface area contributed by atoms with Crippen molar-refractivity contribution in [1.82, 2.24) is 4.90 Å². The Balaban J connectivity index is 1.62. The minimum Gasteiger partial charge on any atom is -0.488 e.